The molecule has 100 valence electrons. The number of nitrogens with one attached hydrogen (secondary N) is 1. The van der Waals surface area contributed by atoms with Gasteiger partial charge in [0.1, 0.15) is 0 Å². The number of carbonyl (C=O) groups is 1. The van der Waals surface area contributed by atoms with Gasteiger partial charge in [-0.1, -0.05) is 18.2 Å². The molecule has 0 aliphatic rings. The van der Waals surface area contributed by atoms with Crippen LogP contribution in [0, 0.1) is 13.8 Å². The fourth-order valence-corrected chi connectivity index (χ4v) is 1.54. The van der Waals surface area contributed by atoms with Crippen LogP contribution in [-0.4, -0.2) is 17.4 Å². The van der Waals surface area contributed by atoms with Crippen molar-refractivity contribution in [1.29, 1.82) is 0 Å². The van der Waals surface area contributed by atoms with E-state index < -0.39 is 0 Å². The van der Waals surface area contributed by atoms with Crippen molar-refractivity contribution >= 4 is 5.91 Å². The van der Waals surface area contributed by atoms with Crippen LogP contribution in [0.1, 0.15) is 28.5 Å². The van der Waals surface area contributed by atoms with Gasteiger partial charge in [-0.25, -0.2) is 0 Å². The number of hydrogen-bond acceptors (Lipinski definition) is 2. The molecule has 0 saturated heterocycles. The number of benzene rings is 1. The van der Waals surface area contributed by atoms with Crippen molar-refractivity contribution < 1.29 is 4.79 Å². The van der Waals surface area contributed by atoms with Crippen molar-refractivity contribution in [3.63, 3.8) is 0 Å². The summed E-state index contributed by atoms with van der Waals surface area (Å²) in [6.07, 6.45) is 1.82. The van der Waals surface area contributed by atoms with Crippen molar-refractivity contribution in [2.45, 2.75) is 20.8 Å². The van der Waals surface area contributed by atoms with Crippen molar-refractivity contribution in [2.24, 2.45) is 0 Å². The molecule has 0 unspecified atom stereocenters. The van der Waals surface area contributed by atoms with Gasteiger partial charge in [-0.3, -0.25) is 9.78 Å². The molecule has 3 nitrogen and oxygen atoms in total. The fraction of sp³-hybridized carbons (Fsp3) is 0.250. The molecule has 1 heterocycles. The molecule has 0 fully saturated rings. The summed E-state index contributed by atoms with van der Waals surface area (Å²) in [6, 6.07) is 13.2. The van der Waals surface area contributed by atoms with E-state index in [0.717, 1.165) is 5.69 Å². The number of rotatable bonds is 2. The van der Waals surface area contributed by atoms with E-state index in [0.29, 0.717) is 12.1 Å². The van der Waals surface area contributed by atoms with E-state index in [1.54, 1.807) is 12.1 Å². The standard InChI is InChI=1S/C9H11NO.C7H9N/c1-2-10-9(11)8-6-4-3-5-7-8;1-6-3-4-8-7(2)5-6/h3-7H,2H2,1H3,(H,10,11);3-5H,1-2H3. The molecule has 19 heavy (non-hydrogen) atoms. The van der Waals surface area contributed by atoms with Crippen LogP contribution in [0.2, 0.25) is 0 Å². The van der Waals surface area contributed by atoms with Gasteiger partial charge in [0.2, 0.25) is 0 Å². The Bertz CT molecular complexity index is 492. The Balaban J connectivity index is 0.000000200. The van der Waals surface area contributed by atoms with Crippen LogP contribution in [0.5, 0.6) is 0 Å². The van der Waals surface area contributed by atoms with Gasteiger partial charge in [-0.15, -0.1) is 0 Å². The third-order valence-corrected chi connectivity index (χ3v) is 2.43. The Morgan fingerprint density at radius 3 is 2.32 bits per heavy atom. The molecule has 2 rings (SSSR count). The highest BCUT2D eigenvalue weighted by atomic mass is 16.1. The summed E-state index contributed by atoms with van der Waals surface area (Å²) in [7, 11) is 0. The zero-order chi connectivity index (χ0) is 14.1. The minimum Gasteiger partial charge on any atom is -0.352 e. The summed E-state index contributed by atoms with van der Waals surface area (Å²) in [5, 5.41) is 2.72. The van der Waals surface area contributed by atoms with Crippen LogP contribution in [0.15, 0.2) is 48.7 Å². The number of aryl methyl sites for hydroxylation is 2. The largest absolute Gasteiger partial charge is 0.352 e. The van der Waals surface area contributed by atoms with E-state index in [1.807, 2.05) is 44.3 Å². The van der Waals surface area contributed by atoms with E-state index in [-0.39, 0.29) is 5.91 Å². The van der Waals surface area contributed by atoms with Crippen molar-refractivity contribution in [3.05, 3.63) is 65.5 Å². The molecule has 0 spiro atoms. The van der Waals surface area contributed by atoms with E-state index in [4.69, 9.17) is 0 Å². The lowest BCUT2D eigenvalue weighted by Gasteiger charge is -1.99. The molecule has 0 bridgehead atoms. The molecule has 1 aromatic carbocycles. The van der Waals surface area contributed by atoms with Crippen molar-refractivity contribution in [3.8, 4) is 0 Å². The zero-order valence-electron chi connectivity index (χ0n) is 11.7. The molecule has 0 radical (unpaired) electrons. The number of carbonyl (C=O) groups excluding carboxylic acids is 1. The summed E-state index contributed by atoms with van der Waals surface area (Å²) in [6.45, 7) is 6.64. The first-order valence-corrected chi connectivity index (χ1v) is 6.36. The van der Waals surface area contributed by atoms with E-state index in [2.05, 4.69) is 23.3 Å². The third-order valence-electron chi connectivity index (χ3n) is 2.43. The predicted octanol–water partition coefficient (Wildman–Crippen LogP) is 3.13. The fourth-order valence-electron chi connectivity index (χ4n) is 1.54. The normalized spacial score (nSPS) is 9.21. The predicted molar refractivity (Wildman–Crippen MR) is 78.2 cm³/mol. The van der Waals surface area contributed by atoms with Crippen LogP contribution < -0.4 is 5.32 Å². The van der Waals surface area contributed by atoms with Gasteiger partial charge >= 0.3 is 0 Å². The average Bonchev–Trinajstić information content (AvgIpc) is 2.40. The second-order valence-electron chi connectivity index (χ2n) is 4.20. The van der Waals surface area contributed by atoms with Crippen LogP contribution in [0.4, 0.5) is 0 Å². The Labute approximate surface area is 114 Å². The summed E-state index contributed by atoms with van der Waals surface area (Å²) in [5.74, 6) is -0.00639. The van der Waals surface area contributed by atoms with Gasteiger partial charge in [0, 0.05) is 24.0 Å². The maximum absolute atomic E-state index is 11.1. The van der Waals surface area contributed by atoms with Gasteiger partial charge in [0.15, 0.2) is 0 Å². The van der Waals surface area contributed by atoms with Gasteiger partial charge in [0.25, 0.3) is 5.91 Å². The lowest BCUT2D eigenvalue weighted by Crippen LogP contribution is -2.22. The number of pyridine rings is 1. The molecule has 1 N–H and O–H groups in total. The molecule has 0 atom stereocenters. The number of aromatic nitrogens is 1. The summed E-state index contributed by atoms with van der Waals surface area (Å²) >= 11 is 0. The third kappa shape index (κ3) is 5.82. The average molecular weight is 256 g/mol. The number of hydrogen-bond donors (Lipinski definition) is 1. The van der Waals surface area contributed by atoms with Gasteiger partial charge < -0.3 is 5.32 Å². The maximum Gasteiger partial charge on any atom is 0.251 e. The minimum atomic E-state index is -0.00639. The Morgan fingerprint density at radius 2 is 1.84 bits per heavy atom. The lowest BCUT2D eigenvalue weighted by atomic mass is 10.2. The Morgan fingerprint density at radius 1 is 1.16 bits per heavy atom. The van der Waals surface area contributed by atoms with Crippen molar-refractivity contribution in [1.82, 2.24) is 10.3 Å². The maximum atomic E-state index is 11.1. The molecule has 3 heteroatoms. The summed E-state index contributed by atoms with van der Waals surface area (Å²) in [4.78, 5) is 15.2. The smallest absolute Gasteiger partial charge is 0.251 e. The first-order chi connectivity index (χ1) is 9.13. The van der Waals surface area contributed by atoms with Gasteiger partial charge in [-0.2, -0.15) is 0 Å². The van der Waals surface area contributed by atoms with Crippen LogP contribution >= 0.6 is 0 Å². The van der Waals surface area contributed by atoms with Gasteiger partial charge in [-0.05, 0) is 50.6 Å². The molecule has 1 amide bonds. The van der Waals surface area contributed by atoms with Crippen LogP contribution in [-0.2, 0) is 0 Å². The zero-order valence-corrected chi connectivity index (χ0v) is 11.7. The molecule has 2 aromatic rings. The molecule has 0 saturated carbocycles. The van der Waals surface area contributed by atoms with Crippen molar-refractivity contribution in [2.75, 3.05) is 6.54 Å². The topological polar surface area (TPSA) is 42.0 Å². The highest BCUT2D eigenvalue weighted by Gasteiger charge is 1.99. The lowest BCUT2D eigenvalue weighted by molar-refractivity contribution is 0.0956. The monoisotopic (exact) mass is 256 g/mol. The number of nitrogens with zero attached hydrogens (tertiary/aromatic N) is 1. The quantitative estimate of drug-likeness (QED) is 0.897. The molecule has 1 aromatic heterocycles. The first kappa shape index (κ1) is 14.9. The Hall–Kier alpha value is -2.16. The second kappa shape index (κ2) is 8.03. The number of amides is 1. The van der Waals surface area contributed by atoms with E-state index >= 15 is 0 Å². The van der Waals surface area contributed by atoms with E-state index in [9.17, 15) is 4.79 Å². The van der Waals surface area contributed by atoms with Crippen LogP contribution in [0.3, 0.4) is 0 Å². The SMILES string of the molecule is CCNC(=O)c1ccccc1.Cc1ccnc(C)c1. The molecule has 0 aliphatic heterocycles. The highest BCUT2D eigenvalue weighted by Crippen LogP contribution is 1.97. The highest BCUT2D eigenvalue weighted by molar-refractivity contribution is 5.94. The molecular formula is C16H20N2O. The molecule has 0 aliphatic carbocycles. The Kier molecular flexibility index (Phi) is 6.30. The summed E-state index contributed by atoms with van der Waals surface area (Å²) in [5.41, 5.74) is 3.08. The van der Waals surface area contributed by atoms with E-state index in [1.165, 1.54) is 5.56 Å². The second-order valence-corrected chi connectivity index (χ2v) is 4.20. The minimum absolute atomic E-state index is 0.00639. The molecular weight excluding hydrogens is 236 g/mol. The van der Waals surface area contributed by atoms with Crippen LogP contribution in [0.25, 0.3) is 0 Å². The van der Waals surface area contributed by atoms with Gasteiger partial charge in [0.05, 0.1) is 0 Å². The summed E-state index contributed by atoms with van der Waals surface area (Å²) < 4.78 is 0. The first-order valence-electron chi connectivity index (χ1n) is 6.36.